The Labute approximate surface area is 743 Å². The van der Waals surface area contributed by atoms with Crippen LogP contribution in [-0.4, -0.2) is 501 Å². The van der Waals surface area contributed by atoms with E-state index in [0.717, 1.165) is 25.9 Å². The normalized spacial score (nSPS) is 11.9. The predicted octanol–water partition coefficient (Wildman–Crippen LogP) is 2.91. The van der Waals surface area contributed by atoms with Crippen LogP contribution in [0.3, 0.4) is 0 Å². The maximum Gasteiger partial charge on any atom is 0.222 e. The number of rotatable bonds is 117. The fraction of sp³-hybridized carbons (Fsp3) is 0.988. The summed E-state index contributed by atoms with van der Waals surface area (Å²) in [7, 11) is 0. The Morgan fingerprint density at radius 2 is 0.282 bits per heavy atom. The van der Waals surface area contributed by atoms with Crippen LogP contribution in [0.4, 0.5) is 0 Å². The molecule has 0 unspecified atom stereocenters. The Bertz CT molecular complexity index is 1860. The van der Waals surface area contributed by atoms with E-state index >= 15 is 0 Å². The summed E-state index contributed by atoms with van der Waals surface area (Å²) in [4.78, 5) is 11.8. The second-order valence-corrected chi connectivity index (χ2v) is 27.1. The molecule has 0 aliphatic rings. The third-order valence-electron chi connectivity index (χ3n) is 15.8. The minimum absolute atomic E-state index is 0.0301. The van der Waals surface area contributed by atoms with Crippen LogP contribution in [0.5, 0.6) is 0 Å². The molecule has 0 spiro atoms. The molecular weight excluding hydrogens is 1640 g/mol. The van der Waals surface area contributed by atoms with Crippen molar-refractivity contribution in [3.05, 3.63) is 0 Å². The molecule has 0 heterocycles. The molecule has 744 valence electrons. The molecule has 0 radical (unpaired) electrons. The summed E-state index contributed by atoms with van der Waals surface area (Å²) in [6.07, 6.45) is 3.71. The lowest BCUT2D eigenvalue weighted by molar-refractivity contribution is -0.122. The summed E-state index contributed by atoms with van der Waals surface area (Å²) in [6, 6.07) is 0.468. The maximum absolute atomic E-state index is 11.8. The van der Waals surface area contributed by atoms with E-state index in [0.29, 0.717) is 494 Å². The van der Waals surface area contributed by atoms with E-state index in [1.54, 1.807) is 0 Å². The van der Waals surface area contributed by atoms with Crippen LogP contribution in [0.2, 0.25) is 0 Å². The summed E-state index contributed by atoms with van der Waals surface area (Å²) in [5, 5.41) is 6.24. The molecule has 124 heavy (non-hydrogen) atoms. The molecule has 0 aliphatic heterocycles. The fourth-order valence-electron chi connectivity index (χ4n) is 9.38. The van der Waals surface area contributed by atoms with E-state index in [9.17, 15) is 4.79 Å². The molecule has 0 saturated carbocycles. The van der Waals surface area contributed by atoms with Gasteiger partial charge >= 0.3 is 0 Å². The second-order valence-electron chi connectivity index (χ2n) is 27.1. The van der Waals surface area contributed by atoms with Gasteiger partial charge in [0, 0.05) is 25.6 Å². The number of hydrogen-bond acceptors (Lipinski definition) is 38. The van der Waals surface area contributed by atoms with Crippen molar-refractivity contribution in [1.82, 2.24) is 10.6 Å². The summed E-state index contributed by atoms with van der Waals surface area (Å²) in [5.74, 6) is 0.732. The van der Waals surface area contributed by atoms with Gasteiger partial charge in [-0.25, -0.2) is 0 Å². The molecule has 0 rings (SSSR count). The number of ether oxygens (including phenoxy) is 36. The Morgan fingerprint density at radius 1 is 0.161 bits per heavy atom. The summed E-state index contributed by atoms with van der Waals surface area (Å²) >= 11 is 0. The van der Waals surface area contributed by atoms with Crippen LogP contribution in [0.15, 0.2) is 0 Å². The van der Waals surface area contributed by atoms with E-state index in [-0.39, 0.29) is 5.91 Å². The lowest BCUT2D eigenvalue weighted by atomic mass is 10.1. The average molecular weight is 1810 g/mol. The predicted molar refractivity (Wildman–Crippen MR) is 459 cm³/mol. The van der Waals surface area contributed by atoms with Crippen molar-refractivity contribution >= 4 is 5.91 Å². The van der Waals surface area contributed by atoms with Crippen LogP contribution in [0, 0.1) is 5.92 Å². The van der Waals surface area contributed by atoms with Gasteiger partial charge in [-0.3, -0.25) is 4.79 Å². The highest BCUT2D eigenvalue weighted by molar-refractivity contribution is 5.75. The number of carbonyl (C=O) groups is 1. The Morgan fingerprint density at radius 3 is 0.403 bits per heavy atom. The minimum Gasteiger partial charge on any atom is -0.379 e. The van der Waals surface area contributed by atoms with Gasteiger partial charge in [0.15, 0.2) is 0 Å². The highest BCUT2D eigenvalue weighted by Gasteiger charge is 2.07. The summed E-state index contributed by atoms with van der Waals surface area (Å²) < 4.78 is 199. The van der Waals surface area contributed by atoms with Crippen LogP contribution >= 0.6 is 0 Å². The van der Waals surface area contributed by atoms with Crippen molar-refractivity contribution in [1.29, 1.82) is 0 Å². The largest absolute Gasteiger partial charge is 0.379 e. The average Bonchev–Trinajstić information content (AvgIpc) is 1.04. The molecule has 0 bridgehead atoms. The fourth-order valence-corrected chi connectivity index (χ4v) is 9.38. The zero-order valence-corrected chi connectivity index (χ0v) is 76.9. The zero-order valence-electron chi connectivity index (χ0n) is 76.9. The third-order valence-corrected chi connectivity index (χ3v) is 15.8. The van der Waals surface area contributed by atoms with Gasteiger partial charge in [0.2, 0.25) is 5.91 Å². The molecule has 0 fully saturated rings. The van der Waals surface area contributed by atoms with Crippen molar-refractivity contribution in [3.8, 4) is 0 Å². The Hall–Kier alpha value is -2.01. The van der Waals surface area contributed by atoms with Crippen LogP contribution in [0.1, 0.15) is 53.4 Å². The second kappa shape index (κ2) is 115. The third kappa shape index (κ3) is 118. The number of unbranched alkanes of at least 4 members (excludes halogenated alkanes) is 1. The van der Waals surface area contributed by atoms with Crippen molar-refractivity contribution in [3.63, 3.8) is 0 Å². The Balaban J connectivity index is 3.11. The zero-order chi connectivity index (χ0) is 88.8. The molecule has 0 saturated heterocycles. The number of amides is 1. The van der Waals surface area contributed by atoms with Gasteiger partial charge in [0.25, 0.3) is 0 Å². The van der Waals surface area contributed by atoms with Gasteiger partial charge in [-0.15, -0.1) is 0 Å². The van der Waals surface area contributed by atoms with Crippen LogP contribution in [0.25, 0.3) is 0 Å². The molecular formula is C85H172N2O37. The molecule has 0 aromatic carbocycles. The molecule has 0 aliphatic carbocycles. The summed E-state index contributed by atoms with van der Waals surface area (Å²) in [5.41, 5.74) is 0. The maximum atomic E-state index is 11.8. The quantitative estimate of drug-likeness (QED) is 0.0827. The van der Waals surface area contributed by atoms with Gasteiger partial charge in [-0.05, 0) is 12.3 Å². The number of nitrogens with one attached hydrogen (secondary N) is 2. The molecule has 0 aromatic rings. The number of carbonyl (C=O) groups excluding carboxylic acids is 1. The first-order valence-corrected chi connectivity index (χ1v) is 45.3. The van der Waals surface area contributed by atoms with E-state index in [1.807, 2.05) is 0 Å². The van der Waals surface area contributed by atoms with Gasteiger partial charge < -0.3 is 181 Å². The smallest absolute Gasteiger partial charge is 0.222 e. The van der Waals surface area contributed by atoms with Crippen LogP contribution < -0.4 is 10.6 Å². The first-order chi connectivity index (χ1) is 61.5. The van der Waals surface area contributed by atoms with Crippen molar-refractivity contribution in [2.24, 2.45) is 5.92 Å². The lowest BCUT2D eigenvalue weighted by Crippen LogP contribution is -2.27. The first kappa shape index (κ1) is 122. The van der Waals surface area contributed by atoms with E-state index in [2.05, 4.69) is 38.3 Å². The lowest BCUT2D eigenvalue weighted by Gasteiger charge is -2.09. The first-order valence-electron chi connectivity index (χ1n) is 45.3. The topological polar surface area (TPSA) is 373 Å². The molecule has 1 amide bonds. The molecule has 39 heteroatoms. The molecule has 0 atom stereocenters. The van der Waals surface area contributed by atoms with E-state index in [1.165, 1.54) is 6.42 Å². The van der Waals surface area contributed by atoms with Crippen LogP contribution in [-0.2, 0) is 175 Å². The highest BCUT2D eigenvalue weighted by atomic mass is 16.6. The van der Waals surface area contributed by atoms with Gasteiger partial charge in [0.05, 0.1) is 476 Å². The standard InChI is InChI=1S/C85H172N2O37/c1-83(2)7-5-6-9-87-85(88)8-11-89-13-15-91-17-19-93-21-23-95-25-27-97-29-31-99-33-35-101-37-39-103-41-43-105-45-47-107-49-51-109-53-55-111-57-59-113-61-63-115-65-67-117-69-71-119-73-75-121-77-79-123-81-82-124-80-78-122-76-74-120-72-70-118-68-66-116-64-62-114-60-58-112-56-54-110-52-50-108-48-46-106-44-42-104-40-38-102-36-34-100-32-30-98-28-26-96-24-22-94-20-18-92-16-14-90-12-10-86-84(3)4/h83-84,86H,5-82H2,1-4H3,(H,87,88). The summed E-state index contributed by atoms with van der Waals surface area (Å²) in [6.45, 7) is 45.2. The van der Waals surface area contributed by atoms with Gasteiger partial charge in [0.1, 0.15) is 0 Å². The highest BCUT2D eigenvalue weighted by Crippen LogP contribution is 2.05. The number of hydrogen-bond donors (Lipinski definition) is 2. The Kier molecular flexibility index (Phi) is 113. The minimum atomic E-state index is 0.0301. The van der Waals surface area contributed by atoms with Gasteiger partial charge in [-0.2, -0.15) is 0 Å². The van der Waals surface area contributed by atoms with Crippen molar-refractivity contribution in [2.75, 3.05) is 489 Å². The van der Waals surface area contributed by atoms with E-state index in [4.69, 9.17) is 171 Å². The SMILES string of the molecule is CC(C)CCCCNC(=O)CCOCCOCCOCCOCCOCCOCCOCCOCCOCCOCCOCCOCCOCCOCCOCCOCCOCCOCCOCCOCCOCCOCCOCCOCCOCCOCCOCCOCCOCCOCCOCCOCCOCCOCCOCCOCCNC(C)C. The molecule has 0 aromatic heterocycles. The molecule has 39 nitrogen and oxygen atoms in total. The monoisotopic (exact) mass is 1810 g/mol. The molecule has 2 N–H and O–H groups in total. The van der Waals surface area contributed by atoms with Crippen molar-refractivity contribution < 1.29 is 175 Å². The van der Waals surface area contributed by atoms with Crippen molar-refractivity contribution in [2.45, 2.75) is 59.4 Å². The van der Waals surface area contributed by atoms with E-state index < -0.39 is 0 Å². The van der Waals surface area contributed by atoms with Gasteiger partial charge in [-0.1, -0.05) is 40.5 Å².